The van der Waals surface area contributed by atoms with Gasteiger partial charge in [-0.1, -0.05) is 23.7 Å². The molecule has 10 heteroatoms. The molecular formula is C25H22ClNO6S2. The lowest BCUT2D eigenvalue weighted by Crippen LogP contribution is -2.28. The Labute approximate surface area is 211 Å². The Kier molecular flexibility index (Phi) is 6.88. The number of fused-ring (bicyclic) bond motifs is 1. The van der Waals surface area contributed by atoms with Crippen LogP contribution >= 0.6 is 22.9 Å². The summed E-state index contributed by atoms with van der Waals surface area (Å²) in [7, 11) is -2.16. The van der Waals surface area contributed by atoms with Gasteiger partial charge in [0.05, 0.1) is 24.7 Å². The molecule has 0 aliphatic rings. The van der Waals surface area contributed by atoms with E-state index in [1.54, 1.807) is 48.7 Å². The fourth-order valence-corrected chi connectivity index (χ4v) is 5.84. The third-order valence-electron chi connectivity index (χ3n) is 5.68. The van der Waals surface area contributed by atoms with Crippen LogP contribution in [0.5, 0.6) is 0 Å². The summed E-state index contributed by atoms with van der Waals surface area (Å²) < 4.78 is 30.1. The van der Waals surface area contributed by atoms with Crippen molar-refractivity contribution in [3.05, 3.63) is 86.1 Å². The van der Waals surface area contributed by atoms with Gasteiger partial charge in [-0.3, -0.25) is 9.36 Å². The number of aliphatic hydroxyl groups is 1. The van der Waals surface area contributed by atoms with Crippen LogP contribution in [-0.4, -0.2) is 37.4 Å². The van der Waals surface area contributed by atoms with Gasteiger partial charge in [-0.2, -0.15) is 0 Å². The van der Waals surface area contributed by atoms with Crippen molar-refractivity contribution in [3.63, 3.8) is 0 Å². The largest absolute Gasteiger partial charge is 0.464 e. The highest BCUT2D eigenvalue weighted by Crippen LogP contribution is 2.40. The number of hydrogen-bond donors (Lipinski definition) is 1. The minimum Gasteiger partial charge on any atom is -0.464 e. The van der Waals surface area contributed by atoms with Crippen molar-refractivity contribution in [2.24, 2.45) is 0 Å². The number of carbonyl (C=O) groups excluding carboxylic acids is 1. The minimum absolute atomic E-state index is 0.00569. The van der Waals surface area contributed by atoms with Gasteiger partial charge in [0.25, 0.3) is 5.56 Å². The average Bonchev–Trinajstić information content (AvgIpc) is 3.29. The first-order chi connectivity index (χ1) is 16.5. The third-order valence-corrected chi connectivity index (χ3v) is 7.99. The quantitative estimate of drug-likeness (QED) is 0.362. The van der Waals surface area contributed by atoms with E-state index in [1.165, 1.54) is 35.1 Å². The van der Waals surface area contributed by atoms with Gasteiger partial charge in [0, 0.05) is 27.1 Å². The zero-order chi connectivity index (χ0) is 25.5. The number of halogens is 1. The minimum atomic E-state index is -3.39. The van der Waals surface area contributed by atoms with Crippen LogP contribution in [-0.2, 0) is 21.1 Å². The summed E-state index contributed by atoms with van der Waals surface area (Å²) in [5, 5.41) is 13.4. The lowest BCUT2D eigenvalue weighted by atomic mass is 9.98. The maximum absolute atomic E-state index is 13.6. The van der Waals surface area contributed by atoms with Crippen LogP contribution < -0.4 is 5.56 Å². The number of benzene rings is 2. The molecule has 7 nitrogen and oxygen atoms in total. The summed E-state index contributed by atoms with van der Waals surface area (Å²) in [6, 6.07) is 12.7. The number of hydrogen-bond acceptors (Lipinski definition) is 7. The number of thiophene rings is 1. The van der Waals surface area contributed by atoms with Gasteiger partial charge in [-0.25, -0.2) is 13.2 Å². The Morgan fingerprint density at radius 1 is 1.14 bits per heavy atom. The third kappa shape index (κ3) is 4.77. The molecule has 0 spiro atoms. The second-order valence-corrected chi connectivity index (χ2v) is 11.5. The molecule has 2 heterocycles. The highest BCUT2D eigenvalue weighted by molar-refractivity contribution is 7.90. The SMILES string of the molecule is COC(=O)c1c(-c2sccc2C(C)O)c2cc(Cl)ccc2c(=O)n1Cc1ccc(S(C)(=O)=O)cc1. The lowest BCUT2D eigenvalue weighted by Gasteiger charge is -2.19. The van der Waals surface area contributed by atoms with Crippen LogP contribution in [0.1, 0.15) is 34.6 Å². The first kappa shape index (κ1) is 25.1. The van der Waals surface area contributed by atoms with Crippen LogP contribution in [0.15, 0.2) is 63.6 Å². The summed E-state index contributed by atoms with van der Waals surface area (Å²) in [6.07, 6.45) is 0.295. The number of sulfone groups is 1. The Balaban J connectivity index is 2.07. The number of nitrogens with zero attached hydrogens (tertiary/aromatic N) is 1. The molecule has 0 saturated carbocycles. The molecule has 182 valence electrons. The molecule has 1 unspecified atom stereocenters. The molecule has 2 aromatic heterocycles. The number of carbonyl (C=O) groups is 1. The van der Waals surface area contributed by atoms with Gasteiger partial charge in [-0.05, 0) is 65.2 Å². The lowest BCUT2D eigenvalue weighted by molar-refractivity contribution is 0.0588. The van der Waals surface area contributed by atoms with E-state index in [2.05, 4.69) is 0 Å². The number of ether oxygens (including phenoxy) is 1. The summed E-state index contributed by atoms with van der Waals surface area (Å²) in [5.74, 6) is -0.725. The molecule has 0 bridgehead atoms. The normalized spacial score (nSPS) is 12.6. The van der Waals surface area contributed by atoms with Gasteiger partial charge in [0.2, 0.25) is 0 Å². The molecule has 2 aromatic carbocycles. The molecule has 1 N–H and O–H groups in total. The number of pyridine rings is 1. The summed E-state index contributed by atoms with van der Waals surface area (Å²) in [4.78, 5) is 27.5. The molecule has 1 atom stereocenters. The second kappa shape index (κ2) is 9.58. The molecular weight excluding hydrogens is 510 g/mol. The van der Waals surface area contributed by atoms with Crippen molar-refractivity contribution in [3.8, 4) is 10.4 Å². The average molecular weight is 532 g/mol. The second-order valence-electron chi connectivity index (χ2n) is 8.09. The van der Waals surface area contributed by atoms with Crippen LogP contribution in [0.2, 0.25) is 5.02 Å². The van der Waals surface area contributed by atoms with Crippen molar-refractivity contribution in [2.45, 2.75) is 24.5 Å². The fourth-order valence-electron chi connectivity index (χ4n) is 3.98. The first-order valence-electron chi connectivity index (χ1n) is 10.5. The molecule has 0 radical (unpaired) electrons. The Hall–Kier alpha value is -2.98. The van der Waals surface area contributed by atoms with Crippen LogP contribution in [0, 0.1) is 0 Å². The van der Waals surface area contributed by atoms with Gasteiger partial charge in [-0.15, -0.1) is 11.3 Å². The summed E-state index contributed by atoms with van der Waals surface area (Å²) in [6.45, 7) is 1.62. The van der Waals surface area contributed by atoms with Crippen molar-refractivity contribution in [2.75, 3.05) is 13.4 Å². The molecule has 0 fully saturated rings. The zero-order valence-corrected chi connectivity index (χ0v) is 21.5. The molecule has 0 saturated heterocycles. The van der Waals surface area contributed by atoms with E-state index in [0.717, 1.165) is 6.26 Å². The maximum atomic E-state index is 13.6. The molecule has 4 aromatic rings. The van der Waals surface area contributed by atoms with Gasteiger partial charge in [0.1, 0.15) is 5.69 Å². The van der Waals surface area contributed by atoms with Crippen LogP contribution in [0.4, 0.5) is 0 Å². The Morgan fingerprint density at radius 2 is 1.83 bits per heavy atom. The highest BCUT2D eigenvalue weighted by atomic mass is 35.5. The molecule has 0 amide bonds. The smallest absolute Gasteiger partial charge is 0.355 e. The molecule has 0 aliphatic heterocycles. The zero-order valence-electron chi connectivity index (χ0n) is 19.1. The molecule has 35 heavy (non-hydrogen) atoms. The number of esters is 1. The number of rotatable bonds is 6. The molecule has 0 aliphatic carbocycles. The fraction of sp³-hybridized carbons (Fsp3) is 0.200. The van der Waals surface area contributed by atoms with E-state index in [-0.39, 0.29) is 17.1 Å². The van der Waals surface area contributed by atoms with Crippen molar-refractivity contribution in [1.82, 2.24) is 4.57 Å². The standard InChI is InChI=1S/C25H22ClNO6S2/c1-14(28)18-10-11-34-23(18)21-20-12-16(26)6-9-19(20)24(29)27(22(21)25(30)33-2)13-15-4-7-17(8-5-15)35(3,31)32/h4-12,14,28H,13H2,1-3H3. The number of aromatic nitrogens is 1. The Morgan fingerprint density at radius 3 is 2.43 bits per heavy atom. The topological polar surface area (TPSA) is 103 Å². The number of aliphatic hydroxyl groups excluding tert-OH is 1. The van der Waals surface area contributed by atoms with Gasteiger partial charge >= 0.3 is 5.97 Å². The maximum Gasteiger partial charge on any atom is 0.355 e. The highest BCUT2D eigenvalue weighted by Gasteiger charge is 2.27. The first-order valence-corrected chi connectivity index (χ1v) is 13.7. The van der Waals surface area contributed by atoms with Crippen LogP contribution in [0.25, 0.3) is 21.2 Å². The molecule has 4 rings (SSSR count). The predicted octanol–water partition coefficient (Wildman–Crippen LogP) is 4.68. The summed E-state index contributed by atoms with van der Waals surface area (Å²) in [5.41, 5.74) is 1.24. The van der Waals surface area contributed by atoms with E-state index < -0.39 is 27.5 Å². The van der Waals surface area contributed by atoms with E-state index in [4.69, 9.17) is 16.3 Å². The van der Waals surface area contributed by atoms with Gasteiger partial charge < -0.3 is 9.84 Å². The summed E-state index contributed by atoms with van der Waals surface area (Å²) >= 11 is 7.60. The predicted molar refractivity (Wildman–Crippen MR) is 137 cm³/mol. The van der Waals surface area contributed by atoms with Gasteiger partial charge in [0.15, 0.2) is 9.84 Å². The van der Waals surface area contributed by atoms with E-state index in [1.807, 2.05) is 0 Å². The van der Waals surface area contributed by atoms with Crippen molar-refractivity contribution in [1.29, 1.82) is 0 Å². The Bertz CT molecular complexity index is 1600. The van der Waals surface area contributed by atoms with Crippen molar-refractivity contribution >= 4 is 49.5 Å². The van der Waals surface area contributed by atoms with Crippen molar-refractivity contribution < 1.29 is 23.1 Å². The van der Waals surface area contributed by atoms with E-state index in [9.17, 15) is 23.1 Å². The monoisotopic (exact) mass is 531 g/mol. The van der Waals surface area contributed by atoms with Crippen LogP contribution in [0.3, 0.4) is 0 Å². The van der Waals surface area contributed by atoms with E-state index >= 15 is 0 Å². The van der Waals surface area contributed by atoms with E-state index in [0.29, 0.717) is 37.4 Å². The number of methoxy groups -OCH3 is 1.